The Kier molecular flexibility index (Phi) is 7.46. The van der Waals surface area contributed by atoms with E-state index < -0.39 is 15.8 Å². The summed E-state index contributed by atoms with van der Waals surface area (Å²) in [6.07, 6.45) is 8.07. The van der Waals surface area contributed by atoms with Crippen LogP contribution in [0.4, 0.5) is 0 Å². The molecular formula is C36H30P2. The molecule has 0 saturated carbocycles. The van der Waals surface area contributed by atoms with Gasteiger partial charge in [-0.15, -0.1) is 0 Å². The van der Waals surface area contributed by atoms with Gasteiger partial charge in [-0.1, -0.05) is 170 Å². The van der Waals surface area contributed by atoms with Gasteiger partial charge >= 0.3 is 0 Å². The average molecular weight is 525 g/mol. The molecule has 1 aliphatic rings. The van der Waals surface area contributed by atoms with Crippen LogP contribution in [0, 0.1) is 0 Å². The molecule has 2 heteroatoms. The molecule has 0 N–H and O–H groups in total. The summed E-state index contributed by atoms with van der Waals surface area (Å²) in [5, 5.41) is 5.69. The molecule has 0 spiro atoms. The summed E-state index contributed by atoms with van der Waals surface area (Å²) in [7, 11) is -1.59. The van der Waals surface area contributed by atoms with Gasteiger partial charge in [0.25, 0.3) is 0 Å². The summed E-state index contributed by atoms with van der Waals surface area (Å²) in [6, 6.07) is 56.1. The second kappa shape index (κ2) is 11.4. The predicted octanol–water partition coefficient (Wildman–Crippen LogP) is 7.99. The first-order valence-corrected chi connectivity index (χ1v) is 15.8. The lowest BCUT2D eigenvalue weighted by Gasteiger charge is -2.50. The number of hydrogen-bond acceptors (Lipinski definition) is 0. The van der Waals surface area contributed by atoms with E-state index in [1.54, 1.807) is 0 Å². The second-order valence-electron chi connectivity index (χ2n) is 9.41. The topological polar surface area (TPSA) is 0 Å². The molecule has 0 amide bonds. The van der Waals surface area contributed by atoms with Crippen molar-refractivity contribution in [2.45, 2.75) is 11.3 Å². The van der Waals surface area contributed by atoms with Crippen LogP contribution in [0.3, 0.4) is 0 Å². The fourth-order valence-corrected chi connectivity index (χ4v) is 13.4. The van der Waals surface area contributed by atoms with Crippen LogP contribution in [0.5, 0.6) is 0 Å². The quantitative estimate of drug-likeness (QED) is 0.189. The predicted molar refractivity (Wildman–Crippen MR) is 169 cm³/mol. The summed E-state index contributed by atoms with van der Waals surface area (Å²) in [6.45, 7) is 0. The summed E-state index contributed by atoms with van der Waals surface area (Å²) < 4.78 is 0. The standard InChI is InChI=1S/C36H30P2/c1-6-18-30(19-7-1)35-28-16-17-29-36(35,37(31-20-8-2-9-21-31)32-22-10-3-11-23-32)38(33-24-12-4-13-25-33)34-26-14-5-15-27-34/h1-28H,29H2. The van der Waals surface area contributed by atoms with E-state index in [1.165, 1.54) is 32.4 Å². The molecule has 1 aliphatic carbocycles. The van der Waals surface area contributed by atoms with E-state index in [0.717, 1.165) is 6.42 Å². The van der Waals surface area contributed by atoms with Crippen molar-refractivity contribution in [3.8, 4) is 0 Å². The van der Waals surface area contributed by atoms with E-state index in [0.29, 0.717) is 0 Å². The van der Waals surface area contributed by atoms with Crippen molar-refractivity contribution in [1.82, 2.24) is 0 Å². The third-order valence-corrected chi connectivity index (χ3v) is 13.9. The molecule has 0 saturated heterocycles. The normalized spacial score (nSPS) is 14.4. The Morgan fingerprint density at radius 2 is 0.763 bits per heavy atom. The fourth-order valence-electron chi connectivity index (χ4n) is 5.57. The maximum absolute atomic E-state index is 2.41. The van der Waals surface area contributed by atoms with Crippen molar-refractivity contribution in [2.75, 3.05) is 0 Å². The van der Waals surface area contributed by atoms with Gasteiger partial charge in [0.1, 0.15) is 0 Å². The average Bonchev–Trinajstić information content (AvgIpc) is 3.00. The number of benzene rings is 5. The first-order valence-electron chi connectivity index (χ1n) is 13.1. The lowest BCUT2D eigenvalue weighted by atomic mass is 9.96. The van der Waals surface area contributed by atoms with Crippen LogP contribution in [-0.4, -0.2) is 4.90 Å². The molecule has 0 nitrogen and oxygen atoms in total. The Morgan fingerprint density at radius 3 is 1.13 bits per heavy atom. The van der Waals surface area contributed by atoms with Crippen molar-refractivity contribution >= 4 is 42.6 Å². The van der Waals surface area contributed by atoms with Crippen LogP contribution in [-0.2, 0) is 0 Å². The second-order valence-corrected chi connectivity index (χ2v) is 14.7. The number of hydrogen-bond donors (Lipinski definition) is 0. The highest BCUT2D eigenvalue weighted by Gasteiger charge is 2.50. The highest BCUT2D eigenvalue weighted by Crippen LogP contribution is 2.72. The van der Waals surface area contributed by atoms with Gasteiger partial charge < -0.3 is 0 Å². The summed E-state index contributed by atoms with van der Waals surface area (Å²) in [5.74, 6) is 0. The lowest BCUT2D eigenvalue weighted by Crippen LogP contribution is -2.40. The Hall–Kier alpha value is -3.56. The van der Waals surface area contributed by atoms with Crippen molar-refractivity contribution in [3.63, 3.8) is 0 Å². The third-order valence-electron chi connectivity index (χ3n) is 7.12. The number of rotatable bonds is 7. The summed E-state index contributed by atoms with van der Waals surface area (Å²) in [5.41, 5.74) is 2.76. The Balaban J connectivity index is 1.73. The van der Waals surface area contributed by atoms with Gasteiger partial charge in [-0.3, -0.25) is 0 Å². The number of allylic oxidation sites excluding steroid dienone is 4. The zero-order valence-corrected chi connectivity index (χ0v) is 23.1. The van der Waals surface area contributed by atoms with E-state index in [2.05, 4.69) is 170 Å². The molecule has 0 heterocycles. The van der Waals surface area contributed by atoms with Crippen LogP contribution < -0.4 is 21.2 Å². The molecule has 5 aromatic rings. The molecule has 0 bridgehead atoms. The molecule has 184 valence electrons. The fraction of sp³-hybridized carbons (Fsp3) is 0.0556. The SMILES string of the molecule is C1=CCC(P(c2ccccc2)c2ccccc2)(P(c2ccccc2)c2ccccc2)C(c2ccccc2)=C1. The van der Waals surface area contributed by atoms with Gasteiger partial charge in [-0.2, -0.15) is 0 Å². The first kappa shape index (κ1) is 24.8. The zero-order chi connectivity index (χ0) is 25.6. The molecule has 0 radical (unpaired) electrons. The zero-order valence-electron chi connectivity index (χ0n) is 21.3. The van der Waals surface area contributed by atoms with Crippen molar-refractivity contribution in [2.24, 2.45) is 0 Å². The molecule has 0 aliphatic heterocycles. The van der Waals surface area contributed by atoms with Gasteiger partial charge in [-0.25, -0.2) is 0 Å². The highest BCUT2D eigenvalue weighted by atomic mass is 31.2. The summed E-state index contributed by atoms with van der Waals surface area (Å²) in [4.78, 5) is -0.147. The molecule has 0 fully saturated rings. The molecule has 0 atom stereocenters. The van der Waals surface area contributed by atoms with Gasteiger partial charge in [-0.05, 0) is 54.6 Å². The first-order chi connectivity index (χ1) is 18.9. The van der Waals surface area contributed by atoms with Gasteiger partial charge in [0.15, 0.2) is 0 Å². The minimum absolute atomic E-state index is 0.147. The van der Waals surface area contributed by atoms with Crippen LogP contribution >= 0.6 is 15.8 Å². The highest BCUT2D eigenvalue weighted by molar-refractivity contribution is 7.91. The van der Waals surface area contributed by atoms with Crippen LogP contribution in [0.15, 0.2) is 170 Å². The third kappa shape index (κ3) is 4.72. The maximum atomic E-state index is 2.41. The van der Waals surface area contributed by atoms with Crippen LogP contribution in [0.2, 0.25) is 0 Å². The van der Waals surface area contributed by atoms with Gasteiger partial charge in [0.2, 0.25) is 0 Å². The van der Waals surface area contributed by atoms with Crippen molar-refractivity contribution in [3.05, 3.63) is 175 Å². The van der Waals surface area contributed by atoms with E-state index in [-0.39, 0.29) is 4.90 Å². The van der Waals surface area contributed by atoms with E-state index in [4.69, 9.17) is 0 Å². The van der Waals surface area contributed by atoms with Gasteiger partial charge in [0.05, 0.1) is 4.90 Å². The monoisotopic (exact) mass is 524 g/mol. The van der Waals surface area contributed by atoms with E-state index in [1.807, 2.05) is 0 Å². The maximum Gasteiger partial charge on any atom is 0.0554 e. The van der Waals surface area contributed by atoms with E-state index >= 15 is 0 Å². The van der Waals surface area contributed by atoms with E-state index in [9.17, 15) is 0 Å². The smallest absolute Gasteiger partial charge is 0.0554 e. The Bertz CT molecular complexity index is 1350. The lowest BCUT2D eigenvalue weighted by molar-refractivity contribution is 0.988. The minimum atomic E-state index is -0.794. The van der Waals surface area contributed by atoms with Crippen molar-refractivity contribution in [1.29, 1.82) is 0 Å². The van der Waals surface area contributed by atoms with Gasteiger partial charge in [0, 0.05) is 0 Å². The minimum Gasteiger partial charge on any atom is -0.0829 e. The Labute approximate surface area is 228 Å². The van der Waals surface area contributed by atoms with Crippen molar-refractivity contribution < 1.29 is 0 Å². The molecule has 0 aromatic heterocycles. The molecule has 6 rings (SSSR count). The molecular weight excluding hydrogens is 494 g/mol. The van der Waals surface area contributed by atoms with Crippen LogP contribution in [0.1, 0.15) is 12.0 Å². The molecule has 0 unspecified atom stereocenters. The molecule has 38 heavy (non-hydrogen) atoms. The molecule has 5 aromatic carbocycles. The largest absolute Gasteiger partial charge is 0.0829 e. The van der Waals surface area contributed by atoms with Crippen LogP contribution in [0.25, 0.3) is 5.57 Å². The Morgan fingerprint density at radius 1 is 0.421 bits per heavy atom. The summed E-state index contributed by atoms with van der Waals surface area (Å²) >= 11 is 0.